The summed E-state index contributed by atoms with van der Waals surface area (Å²) in [5.74, 6) is -1.43. The molecule has 2 amide bonds. The van der Waals surface area contributed by atoms with Gasteiger partial charge in [0.05, 0.1) is 13.0 Å². The number of aryl methyl sites for hydroxylation is 2. The molecule has 0 unspecified atom stereocenters. The zero-order valence-corrected chi connectivity index (χ0v) is 13.8. The molecule has 0 saturated heterocycles. The monoisotopic (exact) mass is 320 g/mol. The summed E-state index contributed by atoms with van der Waals surface area (Å²) in [6.45, 7) is 5.87. The van der Waals surface area contributed by atoms with Crippen LogP contribution in [0.25, 0.3) is 0 Å². The first-order valence-electron chi connectivity index (χ1n) is 7.64. The quantitative estimate of drug-likeness (QED) is 0.702. The van der Waals surface area contributed by atoms with E-state index in [0.29, 0.717) is 6.42 Å². The van der Waals surface area contributed by atoms with E-state index in [1.807, 2.05) is 32.0 Å². The summed E-state index contributed by atoms with van der Waals surface area (Å²) in [5.41, 5.74) is 8.46. The highest BCUT2D eigenvalue weighted by Crippen LogP contribution is 2.15. The van der Waals surface area contributed by atoms with E-state index in [2.05, 4.69) is 5.32 Å². The Labute approximate surface area is 136 Å². The Morgan fingerprint density at radius 2 is 1.78 bits per heavy atom. The van der Waals surface area contributed by atoms with Crippen molar-refractivity contribution in [3.05, 3.63) is 34.9 Å². The molecule has 0 heterocycles. The van der Waals surface area contributed by atoms with Gasteiger partial charge in [0, 0.05) is 12.8 Å². The van der Waals surface area contributed by atoms with Gasteiger partial charge in [-0.2, -0.15) is 0 Å². The molecule has 0 aromatic heterocycles. The second-order valence-corrected chi connectivity index (χ2v) is 5.40. The summed E-state index contributed by atoms with van der Waals surface area (Å²) in [4.78, 5) is 34.8. The minimum Gasteiger partial charge on any atom is -0.466 e. The van der Waals surface area contributed by atoms with Gasteiger partial charge >= 0.3 is 5.97 Å². The van der Waals surface area contributed by atoms with Gasteiger partial charge in [0.2, 0.25) is 11.8 Å². The van der Waals surface area contributed by atoms with Crippen molar-refractivity contribution < 1.29 is 19.1 Å². The lowest BCUT2D eigenvalue weighted by Crippen LogP contribution is -2.46. The minimum atomic E-state index is -0.801. The maximum atomic E-state index is 11.9. The van der Waals surface area contributed by atoms with E-state index in [-0.39, 0.29) is 19.4 Å². The third-order valence-corrected chi connectivity index (χ3v) is 3.59. The SMILES string of the molecule is CCOC(=O)CCC(=O)N[C@@H](Cc1c(C)cccc1C)C(N)=O. The molecule has 0 aliphatic heterocycles. The fourth-order valence-corrected chi connectivity index (χ4v) is 2.31. The molecule has 0 aliphatic carbocycles. The minimum absolute atomic E-state index is 0.0193. The first-order chi connectivity index (χ1) is 10.8. The van der Waals surface area contributed by atoms with Crippen LogP contribution >= 0.6 is 0 Å². The van der Waals surface area contributed by atoms with E-state index in [9.17, 15) is 14.4 Å². The molecule has 1 aromatic rings. The van der Waals surface area contributed by atoms with E-state index in [1.54, 1.807) is 6.92 Å². The predicted molar refractivity (Wildman–Crippen MR) is 86.6 cm³/mol. The van der Waals surface area contributed by atoms with E-state index < -0.39 is 23.8 Å². The topological polar surface area (TPSA) is 98.5 Å². The molecule has 3 N–H and O–H groups in total. The van der Waals surface area contributed by atoms with Crippen LogP contribution < -0.4 is 11.1 Å². The van der Waals surface area contributed by atoms with Gasteiger partial charge in [0.1, 0.15) is 6.04 Å². The van der Waals surface area contributed by atoms with Gasteiger partial charge in [-0.05, 0) is 37.5 Å². The molecule has 1 aromatic carbocycles. The van der Waals surface area contributed by atoms with Crippen molar-refractivity contribution in [3.63, 3.8) is 0 Å². The van der Waals surface area contributed by atoms with Crippen molar-refractivity contribution in [1.29, 1.82) is 0 Å². The third kappa shape index (κ3) is 6.10. The Kier molecular flexibility index (Phi) is 7.25. The molecule has 0 spiro atoms. The number of primary amides is 1. The number of hydrogen-bond acceptors (Lipinski definition) is 4. The maximum absolute atomic E-state index is 11.9. The number of hydrogen-bond donors (Lipinski definition) is 2. The van der Waals surface area contributed by atoms with Gasteiger partial charge < -0.3 is 15.8 Å². The highest BCUT2D eigenvalue weighted by atomic mass is 16.5. The molecule has 126 valence electrons. The lowest BCUT2D eigenvalue weighted by Gasteiger charge is -2.18. The average molecular weight is 320 g/mol. The number of carbonyl (C=O) groups excluding carboxylic acids is 3. The summed E-state index contributed by atoms with van der Waals surface area (Å²) in [7, 11) is 0. The number of nitrogens with two attached hydrogens (primary N) is 1. The lowest BCUT2D eigenvalue weighted by atomic mass is 9.96. The molecule has 1 rings (SSSR count). The highest BCUT2D eigenvalue weighted by Gasteiger charge is 2.20. The first-order valence-corrected chi connectivity index (χ1v) is 7.64. The van der Waals surface area contributed by atoms with E-state index in [4.69, 9.17) is 10.5 Å². The maximum Gasteiger partial charge on any atom is 0.306 e. The summed E-state index contributed by atoms with van der Waals surface area (Å²) < 4.78 is 4.76. The van der Waals surface area contributed by atoms with Gasteiger partial charge in [-0.15, -0.1) is 0 Å². The van der Waals surface area contributed by atoms with Crippen molar-refractivity contribution in [1.82, 2.24) is 5.32 Å². The summed E-state index contributed by atoms with van der Waals surface area (Å²) in [5, 5.41) is 2.60. The van der Waals surface area contributed by atoms with Crippen LogP contribution in [-0.4, -0.2) is 30.4 Å². The van der Waals surface area contributed by atoms with Crippen LogP contribution in [0.2, 0.25) is 0 Å². The highest BCUT2D eigenvalue weighted by molar-refractivity contribution is 5.88. The van der Waals surface area contributed by atoms with Crippen LogP contribution in [0, 0.1) is 13.8 Å². The van der Waals surface area contributed by atoms with Crippen molar-refractivity contribution in [3.8, 4) is 0 Å². The summed E-state index contributed by atoms with van der Waals surface area (Å²) in [6, 6.07) is 5.03. The molecule has 0 aliphatic rings. The number of benzene rings is 1. The number of carbonyl (C=O) groups is 3. The lowest BCUT2D eigenvalue weighted by molar-refractivity contribution is -0.144. The molecule has 0 bridgehead atoms. The smallest absolute Gasteiger partial charge is 0.306 e. The van der Waals surface area contributed by atoms with Crippen LogP contribution in [0.15, 0.2) is 18.2 Å². The number of esters is 1. The van der Waals surface area contributed by atoms with Crippen molar-refractivity contribution in [2.24, 2.45) is 5.73 Å². The number of nitrogens with one attached hydrogen (secondary N) is 1. The Bertz CT molecular complexity index is 564. The Hall–Kier alpha value is -2.37. The second-order valence-electron chi connectivity index (χ2n) is 5.40. The normalized spacial score (nSPS) is 11.6. The van der Waals surface area contributed by atoms with Gasteiger partial charge in [-0.1, -0.05) is 18.2 Å². The molecule has 6 heteroatoms. The Morgan fingerprint density at radius 1 is 1.17 bits per heavy atom. The average Bonchev–Trinajstić information content (AvgIpc) is 2.48. The predicted octanol–water partition coefficient (Wildman–Crippen LogP) is 1.16. The van der Waals surface area contributed by atoms with E-state index in [0.717, 1.165) is 16.7 Å². The summed E-state index contributed by atoms with van der Waals surface area (Å²) >= 11 is 0. The standard InChI is InChI=1S/C17H24N2O4/c1-4-23-16(21)9-8-15(20)19-14(17(18)22)10-13-11(2)6-5-7-12(13)3/h5-7,14H,4,8-10H2,1-3H3,(H2,18,22)(H,19,20)/t14-/m0/s1. The van der Waals surface area contributed by atoms with Crippen LogP contribution in [-0.2, 0) is 25.5 Å². The van der Waals surface area contributed by atoms with Gasteiger partial charge in [0.15, 0.2) is 0 Å². The fourth-order valence-electron chi connectivity index (χ4n) is 2.31. The zero-order valence-electron chi connectivity index (χ0n) is 13.8. The number of amides is 2. The number of rotatable bonds is 8. The Balaban J connectivity index is 2.67. The molecule has 0 fully saturated rings. The third-order valence-electron chi connectivity index (χ3n) is 3.59. The van der Waals surface area contributed by atoms with Gasteiger partial charge in [0.25, 0.3) is 0 Å². The Morgan fingerprint density at radius 3 is 2.30 bits per heavy atom. The fraction of sp³-hybridized carbons (Fsp3) is 0.471. The van der Waals surface area contributed by atoms with E-state index in [1.165, 1.54) is 0 Å². The second kappa shape index (κ2) is 8.92. The zero-order chi connectivity index (χ0) is 17.4. The molecule has 0 saturated carbocycles. The van der Waals surface area contributed by atoms with Crippen LogP contribution in [0.4, 0.5) is 0 Å². The first kappa shape index (κ1) is 18.7. The van der Waals surface area contributed by atoms with Gasteiger partial charge in [-0.3, -0.25) is 14.4 Å². The summed E-state index contributed by atoms with van der Waals surface area (Å²) in [6.07, 6.45) is 0.281. The molecule has 0 radical (unpaired) electrons. The van der Waals surface area contributed by atoms with Crippen LogP contribution in [0.5, 0.6) is 0 Å². The van der Waals surface area contributed by atoms with Crippen LogP contribution in [0.3, 0.4) is 0 Å². The molecule has 1 atom stereocenters. The molecular weight excluding hydrogens is 296 g/mol. The van der Waals surface area contributed by atoms with Crippen molar-refractivity contribution in [2.75, 3.05) is 6.61 Å². The van der Waals surface area contributed by atoms with Crippen molar-refractivity contribution >= 4 is 17.8 Å². The molecular formula is C17H24N2O4. The molecule has 23 heavy (non-hydrogen) atoms. The largest absolute Gasteiger partial charge is 0.466 e. The number of ether oxygens (including phenoxy) is 1. The van der Waals surface area contributed by atoms with Crippen LogP contribution in [0.1, 0.15) is 36.5 Å². The van der Waals surface area contributed by atoms with Crippen molar-refractivity contribution in [2.45, 2.75) is 46.1 Å². The van der Waals surface area contributed by atoms with Gasteiger partial charge in [-0.25, -0.2) is 0 Å². The molecule has 6 nitrogen and oxygen atoms in total. The van der Waals surface area contributed by atoms with E-state index >= 15 is 0 Å².